The summed E-state index contributed by atoms with van der Waals surface area (Å²) >= 11 is 0. The molecule has 0 spiro atoms. The predicted molar refractivity (Wildman–Crippen MR) is 126 cm³/mol. The number of anilines is 1. The van der Waals surface area contributed by atoms with E-state index in [2.05, 4.69) is 43.0 Å². The van der Waals surface area contributed by atoms with E-state index in [0.29, 0.717) is 17.8 Å². The number of benzene rings is 1. The number of halogens is 3. The van der Waals surface area contributed by atoms with Crippen LogP contribution in [0.1, 0.15) is 49.4 Å². The first-order chi connectivity index (χ1) is 15.8. The lowest BCUT2D eigenvalue weighted by atomic mass is 9.65. The number of hydrogen-bond acceptors (Lipinski definition) is 4. The second-order valence-corrected chi connectivity index (χ2v) is 9.75. The quantitative estimate of drug-likeness (QED) is 0.608. The molecule has 1 aliphatic carbocycles. The standard InChI is InChI=1S/C25H33F3N4O2/c1-17-13-21(25(26,27)28)30-15-20(17)32(22(29)33)16-23(2)9-11-24(12-10-23,31(3)4)18-7-6-8-19(14-18)34-5/h6-8,13-15H,9-12,16H2,1-5H3,(H2,29,33). The Morgan fingerprint density at radius 1 is 1.18 bits per heavy atom. The van der Waals surface area contributed by atoms with Crippen LogP contribution in [0.4, 0.5) is 23.7 Å². The smallest absolute Gasteiger partial charge is 0.433 e. The molecule has 1 aromatic carbocycles. The van der Waals surface area contributed by atoms with Crippen LogP contribution in [0, 0.1) is 12.3 Å². The number of aryl methyl sites for hydroxylation is 1. The lowest BCUT2D eigenvalue weighted by Gasteiger charge is -2.50. The highest BCUT2D eigenvalue weighted by molar-refractivity contribution is 5.91. The molecule has 0 radical (unpaired) electrons. The molecule has 0 saturated heterocycles. The zero-order valence-electron chi connectivity index (χ0n) is 20.4. The summed E-state index contributed by atoms with van der Waals surface area (Å²) in [4.78, 5) is 19.5. The van der Waals surface area contributed by atoms with E-state index < -0.39 is 17.9 Å². The molecule has 9 heteroatoms. The average Bonchev–Trinajstić information content (AvgIpc) is 2.77. The van der Waals surface area contributed by atoms with E-state index in [4.69, 9.17) is 10.5 Å². The summed E-state index contributed by atoms with van der Waals surface area (Å²) in [5, 5.41) is 0. The number of alkyl halides is 3. The Hall–Kier alpha value is -2.81. The normalized spacial score (nSPS) is 23.1. The number of ether oxygens (including phenoxy) is 1. The number of methoxy groups -OCH3 is 1. The maximum Gasteiger partial charge on any atom is 0.433 e. The zero-order valence-corrected chi connectivity index (χ0v) is 20.4. The maximum absolute atomic E-state index is 13.0. The molecule has 3 rings (SSSR count). The summed E-state index contributed by atoms with van der Waals surface area (Å²) in [6.07, 6.45) is -0.152. The molecule has 1 fully saturated rings. The van der Waals surface area contributed by atoms with E-state index in [1.807, 2.05) is 12.1 Å². The molecule has 6 nitrogen and oxygen atoms in total. The molecule has 2 amide bonds. The zero-order chi connectivity index (χ0) is 25.3. The van der Waals surface area contributed by atoms with E-state index >= 15 is 0 Å². The molecule has 1 saturated carbocycles. The monoisotopic (exact) mass is 478 g/mol. The van der Waals surface area contributed by atoms with Gasteiger partial charge in [-0.2, -0.15) is 13.2 Å². The Kier molecular flexibility index (Phi) is 7.17. The van der Waals surface area contributed by atoms with Gasteiger partial charge >= 0.3 is 12.2 Å². The highest BCUT2D eigenvalue weighted by Gasteiger charge is 2.44. The van der Waals surface area contributed by atoms with Crippen LogP contribution in [0.25, 0.3) is 0 Å². The highest BCUT2D eigenvalue weighted by Crippen LogP contribution is 2.49. The van der Waals surface area contributed by atoms with Gasteiger partial charge < -0.3 is 10.5 Å². The Labute approximate surface area is 198 Å². The van der Waals surface area contributed by atoms with Gasteiger partial charge in [-0.25, -0.2) is 9.78 Å². The first-order valence-corrected chi connectivity index (χ1v) is 11.2. The third-order valence-electron chi connectivity index (χ3n) is 7.22. The number of carbonyl (C=O) groups excluding carboxylic acids is 1. The molecular weight excluding hydrogens is 445 g/mol. The number of aromatic nitrogens is 1. The molecule has 1 heterocycles. The summed E-state index contributed by atoms with van der Waals surface area (Å²) in [5.41, 5.74) is 6.03. The summed E-state index contributed by atoms with van der Waals surface area (Å²) in [7, 11) is 5.78. The van der Waals surface area contributed by atoms with Crippen LogP contribution in [0.5, 0.6) is 5.75 Å². The maximum atomic E-state index is 13.0. The summed E-state index contributed by atoms with van der Waals surface area (Å²) in [5.74, 6) is 0.803. The van der Waals surface area contributed by atoms with Crippen molar-refractivity contribution in [2.24, 2.45) is 11.1 Å². The summed E-state index contributed by atoms with van der Waals surface area (Å²) in [6.45, 7) is 3.93. The van der Waals surface area contributed by atoms with Gasteiger partial charge in [0.15, 0.2) is 0 Å². The van der Waals surface area contributed by atoms with Gasteiger partial charge in [0.1, 0.15) is 11.4 Å². The number of nitrogens with two attached hydrogens (primary N) is 1. The minimum atomic E-state index is -4.55. The fraction of sp³-hybridized carbons (Fsp3) is 0.520. The molecule has 1 aromatic heterocycles. The summed E-state index contributed by atoms with van der Waals surface area (Å²) < 4.78 is 44.5. The van der Waals surface area contributed by atoms with Crippen LogP contribution in [0.3, 0.4) is 0 Å². The number of pyridine rings is 1. The minimum Gasteiger partial charge on any atom is -0.497 e. The predicted octanol–water partition coefficient (Wildman–Crippen LogP) is 5.34. The van der Waals surface area contributed by atoms with Crippen LogP contribution < -0.4 is 15.4 Å². The number of hydrogen-bond donors (Lipinski definition) is 1. The molecule has 0 bridgehead atoms. The Morgan fingerprint density at radius 2 is 1.82 bits per heavy atom. The van der Waals surface area contributed by atoms with E-state index in [0.717, 1.165) is 43.7 Å². The van der Waals surface area contributed by atoms with E-state index in [1.54, 1.807) is 7.11 Å². The van der Waals surface area contributed by atoms with Crippen molar-refractivity contribution < 1.29 is 22.7 Å². The molecule has 2 aromatic rings. The van der Waals surface area contributed by atoms with Gasteiger partial charge in [0.25, 0.3) is 0 Å². The molecule has 0 unspecified atom stereocenters. The van der Waals surface area contributed by atoms with Crippen LogP contribution >= 0.6 is 0 Å². The molecule has 1 aliphatic rings. The lowest BCUT2D eigenvalue weighted by molar-refractivity contribution is -0.141. The average molecular weight is 479 g/mol. The van der Waals surface area contributed by atoms with Crippen molar-refractivity contribution in [3.63, 3.8) is 0 Å². The van der Waals surface area contributed by atoms with Crippen LogP contribution in [-0.2, 0) is 11.7 Å². The van der Waals surface area contributed by atoms with Gasteiger partial charge in [-0.3, -0.25) is 9.80 Å². The highest BCUT2D eigenvalue weighted by atomic mass is 19.4. The molecular formula is C25H33F3N4O2. The van der Waals surface area contributed by atoms with Gasteiger partial charge in [0.05, 0.1) is 19.0 Å². The van der Waals surface area contributed by atoms with Gasteiger partial charge in [-0.1, -0.05) is 19.1 Å². The van der Waals surface area contributed by atoms with E-state index in [-0.39, 0.29) is 11.0 Å². The van der Waals surface area contributed by atoms with Crippen molar-refractivity contribution >= 4 is 11.7 Å². The molecule has 2 N–H and O–H groups in total. The first kappa shape index (κ1) is 25.8. The van der Waals surface area contributed by atoms with Crippen molar-refractivity contribution in [2.45, 2.75) is 51.2 Å². The van der Waals surface area contributed by atoms with Gasteiger partial charge in [-0.05, 0) is 81.4 Å². The number of carbonyl (C=O) groups is 1. The SMILES string of the molecule is COc1cccc(C2(N(C)C)CCC(C)(CN(C(N)=O)c3cnc(C(F)(F)F)cc3C)CC2)c1. The van der Waals surface area contributed by atoms with Crippen molar-refractivity contribution in [1.29, 1.82) is 0 Å². The van der Waals surface area contributed by atoms with Crippen molar-refractivity contribution in [3.8, 4) is 5.75 Å². The van der Waals surface area contributed by atoms with Gasteiger partial charge in [0.2, 0.25) is 0 Å². The van der Waals surface area contributed by atoms with Crippen molar-refractivity contribution in [1.82, 2.24) is 9.88 Å². The third kappa shape index (κ3) is 5.14. The van der Waals surface area contributed by atoms with Gasteiger partial charge in [0, 0.05) is 12.1 Å². The van der Waals surface area contributed by atoms with Crippen LogP contribution in [0.2, 0.25) is 0 Å². The second-order valence-electron chi connectivity index (χ2n) is 9.75. The van der Waals surface area contributed by atoms with Crippen LogP contribution in [-0.4, -0.2) is 43.7 Å². The number of urea groups is 1. The largest absolute Gasteiger partial charge is 0.497 e. The molecule has 0 aliphatic heterocycles. The van der Waals surface area contributed by atoms with Crippen molar-refractivity contribution in [3.05, 3.63) is 53.3 Å². The fourth-order valence-electron chi connectivity index (χ4n) is 4.98. The third-order valence-corrected chi connectivity index (χ3v) is 7.22. The Morgan fingerprint density at radius 3 is 2.32 bits per heavy atom. The van der Waals surface area contributed by atoms with Crippen LogP contribution in [0.15, 0.2) is 36.5 Å². The van der Waals surface area contributed by atoms with E-state index in [1.165, 1.54) is 17.4 Å². The van der Waals surface area contributed by atoms with E-state index in [9.17, 15) is 18.0 Å². The molecule has 0 atom stereocenters. The molecule has 34 heavy (non-hydrogen) atoms. The Bertz CT molecular complexity index is 1030. The number of amides is 2. The number of rotatable bonds is 6. The van der Waals surface area contributed by atoms with Crippen molar-refractivity contribution in [2.75, 3.05) is 32.6 Å². The lowest BCUT2D eigenvalue weighted by Crippen LogP contribution is -2.50. The number of nitrogens with zero attached hydrogens (tertiary/aromatic N) is 3. The topological polar surface area (TPSA) is 71.7 Å². The summed E-state index contributed by atoms with van der Waals surface area (Å²) in [6, 6.07) is 8.33. The van der Waals surface area contributed by atoms with Gasteiger partial charge in [-0.15, -0.1) is 0 Å². The minimum absolute atomic E-state index is 0.183. The fourth-order valence-corrected chi connectivity index (χ4v) is 4.98. The first-order valence-electron chi connectivity index (χ1n) is 11.2. The molecule has 186 valence electrons. The number of primary amides is 1. The second kappa shape index (κ2) is 9.44. The Balaban J connectivity index is 1.85.